The lowest BCUT2D eigenvalue weighted by molar-refractivity contribution is -0.152. The number of aldehydes is 1. The molecule has 0 saturated carbocycles. The summed E-state index contributed by atoms with van der Waals surface area (Å²) in [5.74, 6) is 0. The van der Waals surface area contributed by atoms with Crippen molar-refractivity contribution in [3.05, 3.63) is 35.2 Å². The highest BCUT2D eigenvalue weighted by molar-refractivity contribution is 5.84. The number of carbonyl (C=O) groups excluding carboxylic acids is 1. The van der Waals surface area contributed by atoms with Gasteiger partial charge in [-0.1, -0.05) is 0 Å². The molecule has 2 unspecified atom stereocenters. The zero-order valence-corrected chi connectivity index (χ0v) is 13.8. The van der Waals surface area contributed by atoms with E-state index in [0.29, 0.717) is 12.0 Å². The highest BCUT2D eigenvalue weighted by Crippen LogP contribution is 2.46. The summed E-state index contributed by atoms with van der Waals surface area (Å²) in [6.45, 7) is 3.52. The minimum Gasteiger partial charge on any atom is -0.371 e. The molecule has 1 spiro atoms. The van der Waals surface area contributed by atoms with Gasteiger partial charge in [-0.05, 0) is 37.6 Å². The Balaban J connectivity index is 1.69. The van der Waals surface area contributed by atoms with E-state index in [1.807, 2.05) is 6.08 Å². The molecule has 0 aromatic carbocycles. The summed E-state index contributed by atoms with van der Waals surface area (Å²) in [5.41, 5.74) is 0.527. The molecule has 4 nitrogen and oxygen atoms in total. The number of rotatable bonds is 3. The second-order valence-corrected chi connectivity index (χ2v) is 7.54. The number of halogens is 3. The van der Waals surface area contributed by atoms with Crippen LogP contribution in [0.5, 0.6) is 0 Å². The second kappa shape index (κ2) is 5.56. The standard InChI is InChI=1S/C18H20F3N3O/c19-18(20,21)9-17(12-25)7-14-13(1-4-23-14)15(8-17)24-6-3-16(11-24)2-5-22-10-16/h1,4,7-8,12,22H,2-3,5-6,9-11H2. The fourth-order valence-electron chi connectivity index (χ4n) is 4.41. The van der Waals surface area contributed by atoms with Gasteiger partial charge < -0.3 is 15.0 Å². The van der Waals surface area contributed by atoms with Crippen molar-refractivity contribution >= 4 is 12.5 Å². The Morgan fingerprint density at radius 1 is 1.32 bits per heavy atom. The van der Waals surface area contributed by atoms with Gasteiger partial charge in [0.25, 0.3) is 0 Å². The van der Waals surface area contributed by atoms with Crippen LogP contribution in [0.1, 0.15) is 19.3 Å². The van der Waals surface area contributed by atoms with E-state index in [1.165, 1.54) is 12.2 Å². The zero-order valence-electron chi connectivity index (χ0n) is 13.8. The molecule has 0 bridgehead atoms. The number of likely N-dealkylation sites (tertiary alicyclic amines) is 1. The molecule has 25 heavy (non-hydrogen) atoms. The quantitative estimate of drug-likeness (QED) is 0.795. The molecule has 3 heterocycles. The number of alkyl halides is 3. The van der Waals surface area contributed by atoms with Crippen LogP contribution in [0.15, 0.2) is 40.2 Å². The van der Waals surface area contributed by atoms with Crippen molar-refractivity contribution < 1.29 is 18.0 Å². The van der Waals surface area contributed by atoms with Gasteiger partial charge in [0.2, 0.25) is 0 Å². The monoisotopic (exact) mass is 351 g/mol. The number of allylic oxidation sites excluding steroid dienone is 3. The van der Waals surface area contributed by atoms with Crippen LogP contribution in [0.25, 0.3) is 0 Å². The SMILES string of the molecule is O=CC1(CC(F)(F)F)C=C2N=CC=C2C(N2CCC3(CCNC3)C2)=C1. The Hall–Kier alpha value is -1.89. The largest absolute Gasteiger partial charge is 0.390 e. The first-order chi connectivity index (χ1) is 11.8. The molecule has 1 N–H and O–H groups in total. The summed E-state index contributed by atoms with van der Waals surface area (Å²) in [4.78, 5) is 18.0. The first kappa shape index (κ1) is 16.6. The van der Waals surface area contributed by atoms with E-state index in [1.54, 1.807) is 6.21 Å². The molecule has 0 aromatic heterocycles. The van der Waals surface area contributed by atoms with Crippen LogP contribution in [0.2, 0.25) is 0 Å². The highest BCUT2D eigenvalue weighted by atomic mass is 19.4. The van der Waals surface area contributed by atoms with Crippen molar-refractivity contribution in [1.82, 2.24) is 10.2 Å². The van der Waals surface area contributed by atoms with Gasteiger partial charge in [-0.2, -0.15) is 13.2 Å². The van der Waals surface area contributed by atoms with Crippen LogP contribution >= 0.6 is 0 Å². The average molecular weight is 351 g/mol. The lowest BCUT2D eigenvalue weighted by Gasteiger charge is -2.34. The van der Waals surface area contributed by atoms with Crippen molar-refractivity contribution in [2.45, 2.75) is 25.4 Å². The van der Waals surface area contributed by atoms with Gasteiger partial charge >= 0.3 is 6.18 Å². The summed E-state index contributed by atoms with van der Waals surface area (Å²) in [5, 5.41) is 3.38. The van der Waals surface area contributed by atoms with E-state index in [-0.39, 0.29) is 5.41 Å². The fraction of sp³-hybridized carbons (Fsp3) is 0.556. The van der Waals surface area contributed by atoms with Gasteiger partial charge in [0.15, 0.2) is 0 Å². The molecular formula is C18H20F3N3O. The lowest BCUT2D eigenvalue weighted by Crippen LogP contribution is -2.34. The van der Waals surface area contributed by atoms with Crippen LogP contribution in [-0.4, -0.2) is 49.8 Å². The maximum atomic E-state index is 13.1. The van der Waals surface area contributed by atoms with Crippen LogP contribution in [-0.2, 0) is 4.79 Å². The number of fused-ring (bicyclic) bond motifs is 1. The molecule has 2 atom stereocenters. The van der Waals surface area contributed by atoms with E-state index in [2.05, 4.69) is 15.2 Å². The molecule has 7 heteroatoms. The minimum atomic E-state index is -4.43. The van der Waals surface area contributed by atoms with Gasteiger partial charge in [0.05, 0.1) is 17.5 Å². The first-order valence-corrected chi connectivity index (χ1v) is 8.53. The van der Waals surface area contributed by atoms with Gasteiger partial charge in [-0.3, -0.25) is 4.99 Å². The predicted octanol–water partition coefficient (Wildman–Crippen LogP) is 2.60. The minimum absolute atomic E-state index is 0.191. The molecule has 0 aromatic rings. The molecule has 2 saturated heterocycles. The fourth-order valence-corrected chi connectivity index (χ4v) is 4.41. The van der Waals surface area contributed by atoms with Crippen molar-refractivity contribution in [3.8, 4) is 0 Å². The van der Waals surface area contributed by atoms with Gasteiger partial charge in [0, 0.05) is 42.5 Å². The van der Waals surface area contributed by atoms with Gasteiger partial charge in [-0.25, -0.2) is 0 Å². The Bertz CT molecular complexity index is 714. The molecule has 0 radical (unpaired) electrons. The van der Waals surface area contributed by atoms with Crippen molar-refractivity contribution in [2.75, 3.05) is 26.2 Å². The number of hydrogen-bond donors (Lipinski definition) is 1. The molecule has 1 aliphatic carbocycles. The lowest BCUT2D eigenvalue weighted by atomic mass is 9.78. The van der Waals surface area contributed by atoms with E-state index >= 15 is 0 Å². The third-order valence-corrected chi connectivity index (χ3v) is 5.65. The Morgan fingerprint density at radius 2 is 2.16 bits per heavy atom. The summed E-state index contributed by atoms with van der Waals surface area (Å²) in [6.07, 6.45) is 3.14. The first-order valence-electron chi connectivity index (χ1n) is 8.53. The molecule has 134 valence electrons. The molecule has 0 amide bonds. The summed E-state index contributed by atoms with van der Waals surface area (Å²) in [6, 6.07) is 0. The Labute approximate surface area is 144 Å². The predicted molar refractivity (Wildman–Crippen MR) is 88.0 cm³/mol. The third-order valence-electron chi connectivity index (χ3n) is 5.65. The molecule has 4 aliphatic rings. The van der Waals surface area contributed by atoms with E-state index in [4.69, 9.17) is 0 Å². The van der Waals surface area contributed by atoms with Crippen molar-refractivity contribution in [2.24, 2.45) is 15.8 Å². The Morgan fingerprint density at radius 3 is 2.84 bits per heavy atom. The van der Waals surface area contributed by atoms with Crippen LogP contribution in [0, 0.1) is 10.8 Å². The average Bonchev–Trinajstić information content (AvgIpc) is 3.27. The van der Waals surface area contributed by atoms with Crippen LogP contribution in [0.4, 0.5) is 13.2 Å². The number of aliphatic imine (C=N–C) groups is 1. The van der Waals surface area contributed by atoms with E-state index < -0.39 is 18.0 Å². The molecule has 4 rings (SSSR count). The van der Waals surface area contributed by atoms with Crippen molar-refractivity contribution in [1.29, 1.82) is 0 Å². The number of nitrogens with one attached hydrogen (secondary N) is 1. The summed E-state index contributed by atoms with van der Waals surface area (Å²) < 4.78 is 39.2. The summed E-state index contributed by atoms with van der Waals surface area (Å²) >= 11 is 0. The van der Waals surface area contributed by atoms with E-state index in [0.717, 1.165) is 50.3 Å². The normalized spacial score (nSPS) is 34.2. The van der Waals surface area contributed by atoms with E-state index in [9.17, 15) is 18.0 Å². The molecular weight excluding hydrogens is 331 g/mol. The Kier molecular flexibility index (Phi) is 3.68. The molecule has 2 fully saturated rings. The maximum absolute atomic E-state index is 13.1. The molecule has 3 aliphatic heterocycles. The zero-order chi connectivity index (χ0) is 17.7. The number of nitrogens with zero attached hydrogens (tertiary/aromatic N) is 2. The smallest absolute Gasteiger partial charge is 0.371 e. The second-order valence-electron chi connectivity index (χ2n) is 7.54. The summed E-state index contributed by atoms with van der Waals surface area (Å²) in [7, 11) is 0. The van der Waals surface area contributed by atoms with Crippen LogP contribution in [0.3, 0.4) is 0 Å². The van der Waals surface area contributed by atoms with Gasteiger partial charge in [-0.15, -0.1) is 0 Å². The third kappa shape index (κ3) is 2.94. The van der Waals surface area contributed by atoms with Crippen LogP contribution < -0.4 is 5.32 Å². The van der Waals surface area contributed by atoms with Gasteiger partial charge in [0.1, 0.15) is 6.29 Å². The topological polar surface area (TPSA) is 44.7 Å². The highest BCUT2D eigenvalue weighted by Gasteiger charge is 2.46. The number of carbonyl (C=O) groups is 1. The number of hydrogen-bond acceptors (Lipinski definition) is 4. The maximum Gasteiger partial charge on any atom is 0.390 e. The van der Waals surface area contributed by atoms with Crippen molar-refractivity contribution in [3.63, 3.8) is 0 Å².